The molecule has 1 aliphatic carbocycles. The zero-order valence-electron chi connectivity index (χ0n) is 11.1. The minimum Gasteiger partial charge on any atom is -0.330 e. The van der Waals surface area contributed by atoms with Gasteiger partial charge in [0.1, 0.15) is 6.07 Å². The summed E-state index contributed by atoms with van der Waals surface area (Å²) in [5.41, 5.74) is 1.84. The van der Waals surface area contributed by atoms with Gasteiger partial charge in [-0.2, -0.15) is 5.26 Å². The van der Waals surface area contributed by atoms with Crippen molar-refractivity contribution in [3.8, 4) is 6.07 Å². The topological polar surface area (TPSA) is 91.8 Å². The minimum absolute atomic E-state index is 0.0875. The average Bonchev–Trinajstić information content (AvgIpc) is 2.89. The van der Waals surface area contributed by atoms with Gasteiger partial charge in [0, 0.05) is 17.0 Å². The zero-order valence-corrected chi connectivity index (χ0v) is 11.9. The number of nitriles is 1. The van der Waals surface area contributed by atoms with E-state index in [1.807, 2.05) is 6.07 Å². The smallest absolute Gasteiger partial charge is 0.270 e. The fraction of sp³-hybridized carbons (Fsp3) is 0.286. The Morgan fingerprint density at radius 3 is 2.90 bits per heavy atom. The summed E-state index contributed by atoms with van der Waals surface area (Å²) in [6.45, 7) is 0. The van der Waals surface area contributed by atoms with E-state index in [0.29, 0.717) is 5.69 Å². The van der Waals surface area contributed by atoms with E-state index < -0.39 is 4.92 Å². The number of benzene rings is 1. The lowest BCUT2D eigenvalue weighted by Crippen LogP contribution is -1.99. The van der Waals surface area contributed by atoms with Crippen molar-refractivity contribution in [2.24, 2.45) is 0 Å². The van der Waals surface area contributed by atoms with Crippen LogP contribution in [0.4, 0.5) is 16.5 Å². The Hall–Kier alpha value is -2.46. The Kier molecular flexibility index (Phi) is 3.54. The van der Waals surface area contributed by atoms with E-state index in [1.165, 1.54) is 23.4 Å². The van der Waals surface area contributed by atoms with E-state index in [4.69, 9.17) is 5.26 Å². The van der Waals surface area contributed by atoms with Crippen molar-refractivity contribution < 1.29 is 4.92 Å². The van der Waals surface area contributed by atoms with Crippen LogP contribution in [0.2, 0.25) is 0 Å². The van der Waals surface area contributed by atoms with Gasteiger partial charge >= 0.3 is 0 Å². The normalized spacial score (nSPS) is 13.3. The Morgan fingerprint density at radius 2 is 2.19 bits per heavy atom. The summed E-state index contributed by atoms with van der Waals surface area (Å²) >= 11 is 1.59. The molecular weight excluding hydrogens is 288 g/mol. The zero-order chi connectivity index (χ0) is 14.8. The quantitative estimate of drug-likeness (QED) is 0.691. The molecule has 0 aliphatic heterocycles. The molecule has 0 bridgehead atoms. The van der Waals surface area contributed by atoms with Crippen LogP contribution in [0.1, 0.15) is 29.0 Å². The Labute approximate surface area is 125 Å². The number of nitrogens with one attached hydrogen (secondary N) is 1. The van der Waals surface area contributed by atoms with Crippen LogP contribution < -0.4 is 5.32 Å². The molecule has 6 nitrogen and oxygen atoms in total. The highest BCUT2D eigenvalue weighted by Gasteiger charge is 2.16. The summed E-state index contributed by atoms with van der Waals surface area (Å²) in [4.78, 5) is 16.1. The Morgan fingerprint density at radius 1 is 1.38 bits per heavy atom. The van der Waals surface area contributed by atoms with Crippen LogP contribution in [0.3, 0.4) is 0 Å². The van der Waals surface area contributed by atoms with Gasteiger partial charge < -0.3 is 5.32 Å². The number of hydrogen-bond donors (Lipinski definition) is 1. The summed E-state index contributed by atoms with van der Waals surface area (Å²) in [6.07, 6.45) is 4.41. The van der Waals surface area contributed by atoms with Crippen molar-refractivity contribution in [1.82, 2.24) is 4.98 Å². The molecule has 1 aliphatic rings. The van der Waals surface area contributed by atoms with Crippen LogP contribution in [0.25, 0.3) is 0 Å². The molecule has 0 unspecified atom stereocenters. The first-order chi connectivity index (χ1) is 10.2. The van der Waals surface area contributed by atoms with Crippen LogP contribution in [0, 0.1) is 21.4 Å². The predicted octanol–water partition coefficient (Wildman–Crippen LogP) is 3.55. The van der Waals surface area contributed by atoms with Crippen molar-refractivity contribution in [3.63, 3.8) is 0 Å². The fourth-order valence-electron chi connectivity index (χ4n) is 2.37. The van der Waals surface area contributed by atoms with Crippen LogP contribution in [0.5, 0.6) is 0 Å². The van der Waals surface area contributed by atoms with Gasteiger partial charge in [0.2, 0.25) is 0 Å². The largest absolute Gasteiger partial charge is 0.330 e. The highest BCUT2D eigenvalue weighted by Crippen LogP contribution is 2.32. The molecule has 0 amide bonds. The Balaban J connectivity index is 1.89. The third-order valence-electron chi connectivity index (χ3n) is 3.42. The number of thiazole rings is 1. The summed E-state index contributed by atoms with van der Waals surface area (Å²) in [6, 6.07) is 6.19. The third kappa shape index (κ3) is 2.71. The van der Waals surface area contributed by atoms with E-state index in [0.717, 1.165) is 30.1 Å². The molecule has 0 fully saturated rings. The van der Waals surface area contributed by atoms with E-state index >= 15 is 0 Å². The van der Waals surface area contributed by atoms with E-state index in [9.17, 15) is 10.1 Å². The Bertz CT molecular complexity index is 724. The maximum absolute atomic E-state index is 10.7. The molecule has 7 heteroatoms. The SMILES string of the molecule is N#Cc1cc([N+](=O)[O-])ccc1Nc1nc2c(s1)CCCC2. The van der Waals surface area contributed by atoms with Gasteiger partial charge in [0.25, 0.3) is 5.69 Å². The van der Waals surface area contributed by atoms with Crippen molar-refractivity contribution >= 4 is 27.8 Å². The molecule has 2 aromatic rings. The first kappa shape index (κ1) is 13.5. The molecule has 1 aromatic heterocycles. The molecule has 1 heterocycles. The number of non-ortho nitro benzene ring substituents is 1. The van der Waals surface area contributed by atoms with Gasteiger partial charge in [0.05, 0.1) is 21.9 Å². The van der Waals surface area contributed by atoms with Crippen LogP contribution in [-0.2, 0) is 12.8 Å². The van der Waals surface area contributed by atoms with Crippen molar-refractivity contribution in [1.29, 1.82) is 5.26 Å². The second-order valence-electron chi connectivity index (χ2n) is 4.82. The van der Waals surface area contributed by atoms with E-state index in [1.54, 1.807) is 17.4 Å². The maximum atomic E-state index is 10.7. The van der Waals surface area contributed by atoms with Gasteiger partial charge in [-0.15, -0.1) is 11.3 Å². The van der Waals surface area contributed by atoms with Gasteiger partial charge in [0.15, 0.2) is 5.13 Å². The maximum Gasteiger partial charge on any atom is 0.270 e. The molecule has 21 heavy (non-hydrogen) atoms. The number of fused-ring (bicyclic) bond motifs is 1. The van der Waals surface area contributed by atoms with Crippen molar-refractivity contribution in [2.75, 3.05) is 5.32 Å². The number of hydrogen-bond acceptors (Lipinski definition) is 6. The standard InChI is InChI=1S/C14H12N4O2S/c15-8-9-7-10(18(19)20)5-6-11(9)16-14-17-12-3-1-2-4-13(12)21-14/h5-7H,1-4H2,(H,16,17). The van der Waals surface area contributed by atoms with Gasteiger partial charge in [-0.05, 0) is 31.7 Å². The average molecular weight is 300 g/mol. The second kappa shape index (κ2) is 5.50. The van der Waals surface area contributed by atoms with E-state index in [-0.39, 0.29) is 11.3 Å². The highest BCUT2D eigenvalue weighted by molar-refractivity contribution is 7.15. The number of rotatable bonds is 3. The molecular formula is C14H12N4O2S. The van der Waals surface area contributed by atoms with Crippen LogP contribution in [0.15, 0.2) is 18.2 Å². The summed E-state index contributed by atoms with van der Waals surface area (Å²) in [5.74, 6) is 0. The fourth-order valence-corrected chi connectivity index (χ4v) is 3.43. The summed E-state index contributed by atoms with van der Waals surface area (Å²) in [5, 5.41) is 23.7. The lowest BCUT2D eigenvalue weighted by Gasteiger charge is -2.06. The first-order valence-electron chi connectivity index (χ1n) is 6.61. The highest BCUT2D eigenvalue weighted by atomic mass is 32.1. The number of aryl methyl sites for hydroxylation is 2. The summed E-state index contributed by atoms with van der Waals surface area (Å²) in [7, 11) is 0. The van der Waals surface area contributed by atoms with Gasteiger partial charge in [-0.25, -0.2) is 4.98 Å². The second-order valence-corrected chi connectivity index (χ2v) is 5.90. The van der Waals surface area contributed by atoms with E-state index in [2.05, 4.69) is 10.3 Å². The number of nitro groups is 1. The van der Waals surface area contributed by atoms with Crippen LogP contribution in [-0.4, -0.2) is 9.91 Å². The third-order valence-corrected chi connectivity index (χ3v) is 4.49. The molecule has 106 valence electrons. The molecule has 0 saturated carbocycles. The molecule has 0 atom stereocenters. The van der Waals surface area contributed by atoms with Crippen molar-refractivity contribution in [3.05, 3.63) is 44.4 Å². The number of nitrogens with zero attached hydrogens (tertiary/aromatic N) is 3. The van der Waals surface area contributed by atoms with Crippen LogP contribution >= 0.6 is 11.3 Å². The first-order valence-corrected chi connectivity index (χ1v) is 7.43. The lowest BCUT2D eigenvalue weighted by atomic mass is 10.0. The minimum atomic E-state index is -0.507. The van der Waals surface area contributed by atoms with Crippen molar-refractivity contribution in [2.45, 2.75) is 25.7 Å². The molecule has 1 aromatic carbocycles. The molecule has 0 radical (unpaired) electrons. The lowest BCUT2D eigenvalue weighted by molar-refractivity contribution is -0.384. The molecule has 0 saturated heterocycles. The summed E-state index contributed by atoms with van der Waals surface area (Å²) < 4.78 is 0. The van der Waals surface area contributed by atoms with Gasteiger partial charge in [-0.1, -0.05) is 0 Å². The molecule has 0 spiro atoms. The molecule has 1 N–H and O–H groups in total. The number of aromatic nitrogens is 1. The predicted molar refractivity (Wildman–Crippen MR) is 79.9 cm³/mol. The number of anilines is 2. The van der Waals surface area contributed by atoms with Gasteiger partial charge in [-0.3, -0.25) is 10.1 Å². The molecule has 3 rings (SSSR count). The number of nitro benzene ring substituents is 1. The monoisotopic (exact) mass is 300 g/mol.